The van der Waals surface area contributed by atoms with Crippen LogP contribution in [0, 0.1) is 5.82 Å². The van der Waals surface area contributed by atoms with Crippen molar-refractivity contribution in [3.05, 3.63) is 42.5 Å². The molecule has 2 aromatic rings. The fraction of sp³-hybridized carbons (Fsp3) is 0.0909. The molecule has 0 fully saturated rings. The third-order valence-electron chi connectivity index (χ3n) is 2.24. The number of rotatable bonds is 4. The molecule has 1 heterocycles. The van der Waals surface area contributed by atoms with Crippen LogP contribution in [0.2, 0.25) is 0 Å². The van der Waals surface area contributed by atoms with Crippen molar-refractivity contribution < 1.29 is 12.8 Å². The standard InChI is InChI=1S/C11H11FN4O2S/c1-13-11-14-6-10(7-15-11)19(17,18)16-9-4-2-3-8(12)5-9/h2-7,16H,1H3,(H,13,14,15). The van der Waals surface area contributed by atoms with Gasteiger partial charge in [0.1, 0.15) is 10.7 Å². The van der Waals surface area contributed by atoms with Crippen LogP contribution in [-0.2, 0) is 10.0 Å². The lowest BCUT2D eigenvalue weighted by molar-refractivity contribution is 0.600. The summed E-state index contributed by atoms with van der Waals surface area (Å²) in [7, 11) is -2.20. The van der Waals surface area contributed by atoms with Gasteiger partial charge < -0.3 is 5.32 Å². The normalized spacial score (nSPS) is 11.1. The van der Waals surface area contributed by atoms with Crippen LogP contribution in [0.3, 0.4) is 0 Å². The SMILES string of the molecule is CNc1ncc(S(=O)(=O)Nc2cccc(F)c2)cn1. The van der Waals surface area contributed by atoms with Crippen molar-refractivity contribution in [3.8, 4) is 0 Å². The van der Waals surface area contributed by atoms with Crippen LogP contribution in [0.5, 0.6) is 0 Å². The van der Waals surface area contributed by atoms with Crippen molar-refractivity contribution in [1.29, 1.82) is 0 Å². The smallest absolute Gasteiger partial charge is 0.264 e. The van der Waals surface area contributed by atoms with Crippen molar-refractivity contribution in [2.24, 2.45) is 0 Å². The molecule has 0 aliphatic heterocycles. The van der Waals surface area contributed by atoms with Crippen LogP contribution in [0.15, 0.2) is 41.6 Å². The summed E-state index contributed by atoms with van der Waals surface area (Å²) < 4.78 is 39.2. The lowest BCUT2D eigenvalue weighted by Crippen LogP contribution is -2.14. The Bertz CT molecular complexity index is 673. The molecule has 0 unspecified atom stereocenters. The first-order chi connectivity index (χ1) is 9.01. The molecular weight excluding hydrogens is 271 g/mol. The number of hydrogen-bond donors (Lipinski definition) is 2. The molecule has 100 valence electrons. The Kier molecular flexibility index (Phi) is 3.61. The van der Waals surface area contributed by atoms with E-state index in [4.69, 9.17) is 0 Å². The molecule has 0 bridgehead atoms. The molecule has 0 aliphatic carbocycles. The van der Waals surface area contributed by atoms with Crippen LogP contribution < -0.4 is 10.0 Å². The topological polar surface area (TPSA) is 84.0 Å². The second-order valence-electron chi connectivity index (χ2n) is 3.61. The van der Waals surface area contributed by atoms with Gasteiger partial charge in [0.25, 0.3) is 10.0 Å². The van der Waals surface area contributed by atoms with Gasteiger partial charge in [0.15, 0.2) is 0 Å². The maximum Gasteiger partial charge on any atom is 0.264 e. The minimum atomic E-state index is -3.82. The summed E-state index contributed by atoms with van der Waals surface area (Å²) in [5.41, 5.74) is 0.137. The van der Waals surface area contributed by atoms with Crippen LogP contribution in [0.25, 0.3) is 0 Å². The zero-order valence-electron chi connectivity index (χ0n) is 9.96. The van der Waals surface area contributed by atoms with E-state index in [1.165, 1.54) is 30.6 Å². The summed E-state index contributed by atoms with van der Waals surface area (Å²) in [5.74, 6) is -0.216. The van der Waals surface area contributed by atoms with Crippen molar-refractivity contribution in [2.45, 2.75) is 4.90 Å². The van der Waals surface area contributed by atoms with E-state index in [1.807, 2.05) is 0 Å². The molecule has 0 saturated heterocycles. The van der Waals surface area contributed by atoms with Gasteiger partial charge in [-0.25, -0.2) is 22.8 Å². The maximum atomic E-state index is 13.0. The Hall–Kier alpha value is -2.22. The highest BCUT2D eigenvalue weighted by Crippen LogP contribution is 2.15. The number of nitrogens with one attached hydrogen (secondary N) is 2. The van der Waals surface area contributed by atoms with E-state index in [-0.39, 0.29) is 10.6 Å². The number of anilines is 2. The van der Waals surface area contributed by atoms with E-state index in [0.717, 1.165) is 6.07 Å². The molecule has 0 radical (unpaired) electrons. The monoisotopic (exact) mass is 282 g/mol. The van der Waals surface area contributed by atoms with Crippen LogP contribution >= 0.6 is 0 Å². The predicted molar refractivity (Wildman–Crippen MR) is 68.8 cm³/mol. The van der Waals surface area contributed by atoms with Gasteiger partial charge in [0.2, 0.25) is 5.95 Å². The summed E-state index contributed by atoms with van der Waals surface area (Å²) in [6.45, 7) is 0. The van der Waals surface area contributed by atoms with Gasteiger partial charge in [-0.15, -0.1) is 0 Å². The Labute approximate surface area is 109 Å². The fourth-order valence-electron chi connectivity index (χ4n) is 1.35. The number of nitrogens with zero attached hydrogens (tertiary/aromatic N) is 2. The Morgan fingerprint density at radius 2 is 1.89 bits per heavy atom. The van der Waals surface area contributed by atoms with Crippen LogP contribution in [0.1, 0.15) is 0 Å². The minimum absolute atomic E-state index is 0.101. The largest absolute Gasteiger partial charge is 0.357 e. The molecule has 0 saturated carbocycles. The summed E-state index contributed by atoms with van der Waals surface area (Å²) in [6.07, 6.45) is 2.33. The van der Waals surface area contributed by atoms with Gasteiger partial charge in [-0.05, 0) is 18.2 Å². The van der Waals surface area contributed by atoms with Crippen molar-refractivity contribution >= 4 is 21.7 Å². The summed E-state index contributed by atoms with van der Waals surface area (Å²) in [4.78, 5) is 7.51. The zero-order valence-corrected chi connectivity index (χ0v) is 10.8. The number of halogens is 1. The number of benzene rings is 1. The van der Waals surface area contributed by atoms with Crippen molar-refractivity contribution in [2.75, 3.05) is 17.1 Å². The molecule has 2 N–H and O–H groups in total. The second-order valence-corrected chi connectivity index (χ2v) is 5.29. The molecule has 2 rings (SSSR count). The van der Waals surface area contributed by atoms with E-state index < -0.39 is 15.8 Å². The summed E-state index contributed by atoms with van der Waals surface area (Å²) in [5, 5.41) is 2.68. The quantitative estimate of drug-likeness (QED) is 0.887. The molecule has 19 heavy (non-hydrogen) atoms. The Morgan fingerprint density at radius 3 is 2.47 bits per heavy atom. The van der Waals surface area contributed by atoms with Gasteiger partial charge >= 0.3 is 0 Å². The van der Waals surface area contributed by atoms with E-state index in [0.29, 0.717) is 5.95 Å². The first kappa shape index (κ1) is 13.2. The van der Waals surface area contributed by atoms with E-state index in [2.05, 4.69) is 20.0 Å². The van der Waals surface area contributed by atoms with Crippen LogP contribution in [-0.4, -0.2) is 25.4 Å². The van der Waals surface area contributed by atoms with Gasteiger partial charge in [0.05, 0.1) is 18.1 Å². The molecule has 0 aliphatic rings. The molecule has 1 aromatic carbocycles. The third-order valence-corrected chi connectivity index (χ3v) is 3.57. The maximum absolute atomic E-state index is 13.0. The molecule has 8 heteroatoms. The van der Waals surface area contributed by atoms with Crippen LogP contribution in [0.4, 0.5) is 16.0 Å². The highest BCUT2D eigenvalue weighted by atomic mass is 32.2. The number of sulfonamides is 1. The first-order valence-corrected chi connectivity index (χ1v) is 6.78. The summed E-state index contributed by atoms with van der Waals surface area (Å²) >= 11 is 0. The van der Waals surface area contributed by atoms with E-state index >= 15 is 0 Å². The van der Waals surface area contributed by atoms with Gasteiger partial charge in [-0.1, -0.05) is 6.07 Å². The average Bonchev–Trinajstić information content (AvgIpc) is 2.38. The molecule has 6 nitrogen and oxygen atoms in total. The molecule has 0 amide bonds. The lowest BCUT2D eigenvalue weighted by atomic mass is 10.3. The number of aromatic nitrogens is 2. The van der Waals surface area contributed by atoms with Crippen molar-refractivity contribution in [1.82, 2.24) is 9.97 Å². The van der Waals surface area contributed by atoms with Gasteiger partial charge in [-0.3, -0.25) is 4.72 Å². The lowest BCUT2D eigenvalue weighted by Gasteiger charge is -2.07. The summed E-state index contributed by atoms with van der Waals surface area (Å²) in [6, 6.07) is 5.17. The molecule has 0 atom stereocenters. The molecular formula is C11H11FN4O2S. The zero-order chi connectivity index (χ0) is 13.9. The molecule has 1 aromatic heterocycles. The highest BCUT2D eigenvalue weighted by molar-refractivity contribution is 7.92. The van der Waals surface area contributed by atoms with Crippen molar-refractivity contribution in [3.63, 3.8) is 0 Å². The highest BCUT2D eigenvalue weighted by Gasteiger charge is 2.15. The van der Waals surface area contributed by atoms with Gasteiger partial charge in [-0.2, -0.15) is 0 Å². The first-order valence-electron chi connectivity index (χ1n) is 5.29. The Morgan fingerprint density at radius 1 is 1.21 bits per heavy atom. The van der Waals surface area contributed by atoms with E-state index in [1.54, 1.807) is 7.05 Å². The Balaban J connectivity index is 2.27. The minimum Gasteiger partial charge on any atom is -0.357 e. The third kappa shape index (κ3) is 3.16. The number of hydrogen-bond acceptors (Lipinski definition) is 5. The molecule has 0 spiro atoms. The second kappa shape index (κ2) is 5.19. The van der Waals surface area contributed by atoms with Gasteiger partial charge in [0, 0.05) is 7.05 Å². The fourth-order valence-corrected chi connectivity index (χ4v) is 2.29. The predicted octanol–water partition coefficient (Wildman–Crippen LogP) is 1.46. The average molecular weight is 282 g/mol. The van der Waals surface area contributed by atoms with E-state index in [9.17, 15) is 12.8 Å².